The van der Waals surface area contributed by atoms with E-state index in [1.807, 2.05) is 0 Å². The van der Waals surface area contributed by atoms with Crippen molar-refractivity contribution >= 4 is 11.9 Å². The van der Waals surface area contributed by atoms with Crippen molar-refractivity contribution in [1.29, 1.82) is 0 Å². The lowest BCUT2D eigenvalue weighted by atomic mass is 9.83. The van der Waals surface area contributed by atoms with E-state index in [4.69, 9.17) is 9.47 Å². The zero-order valence-electron chi connectivity index (χ0n) is 17.6. The minimum atomic E-state index is -0.420. The highest BCUT2D eigenvalue weighted by Gasteiger charge is 2.23. The molecule has 30 heavy (non-hydrogen) atoms. The van der Waals surface area contributed by atoms with E-state index < -0.39 is 11.9 Å². The third-order valence-corrected chi connectivity index (χ3v) is 6.68. The van der Waals surface area contributed by atoms with Gasteiger partial charge in [-0.15, -0.1) is 0 Å². The van der Waals surface area contributed by atoms with Crippen LogP contribution in [0.25, 0.3) is 0 Å². The third-order valence-electron chi connectivity index (χ3n) is 6.68. The Balaban J connectivity index is 1.44. The average Bonchev–Trinajstić information content (AvgIpc) is 2.81. The molecule has 0 amide bonds. The number of carbonyl (C=O) groups excluding carboxylic acids is 2. The van der Waals surface area contributed by atoms with Gasteiger partial charge in [-0.05, 0) is 93.2 Å². The zero-order chi connectivity index (χ0) is 21.3. The molecule has 0 heterocycles. The molecule has 166 valence electrons. The fraction of sp³-hybridized carbons (Fsp3) is 0.667. The molecule has 1 aromatic rings. The van der Waals surface area contributed by atoms with Gasteiger partial charge in [0, 0.05) is 13.2 Å². The second-order valence-corrected chi connectivity index (χ2v) is 8.92. The molecule has 0 atom stereocenters. The Bertz CT molecular complexity index is 631. The highest BCUT2D eigenvalue weighted by Crippen LogP contribution is 2.29. The molecule has 0 unspecified atom stereocenters. The standard InChI is InChI=1S/C24H34O6/c25-13-17-4-8-19(9-5-17)15-29-23(27)21-2-1-3-22(12-21)24(28)30-16-20-10-6-18(14-26)7-11-20/h1-3,12,17-20,25-26H,4-11,13-16H2. The maximum absolute atomic E-state index is 12.4. The molecule has 2 fully saturated rings. The van der Waals surface area contributed by atoms with Crippen molar-refractivity contribution in [2.45, 2.75) is 51.4 Å². The first kappa shape index (κ1) is 22.8. The van der Waals surface area contributed by atoms with Gasteiger partial charge < -0.3 is 19.7 Å². The summed E-state index contributed by atoms with van der Waals surface area (Å²) in [6.45, 7) is 1.23. The van der Waals surface area contributed by atoms with Crippen LogP contribution in [-0.2, 0) is 9.47 Å². The zero-order valence-corrected chi connectivity index (χ0v) is 17.6. The molecule has 0 spiro atoms. The Morgan fingerprint density at radius 1 is 0.700 bits per heavy atom. The van der Waals surface area contributed by atoms with Crippen LogP contribution in [0, 0.1) is 23.7 Å². The van der Waals surface area contributed by atoms with Gasteiger partial charge in [-0.2, -0.15) is 0 Å². The third kappa shape index (κ3) is 6.54. The van der Waals surface area contributed by atoms with E-state index in [9.17, 15) is 19.8 Å². The molecule has 0 saturated heterocycles. The first-order valence-corrected chi connectivity index (χ1v) is 11.2. The van der Waals surface area contributed by atoms with Crippen LogP contribution in [-0.4, -0.2) is 48.6 Å². The summed E-state index contributed by atoms with van der Waals surface area (Å²) in [4.78, 5) is 24.8. The van der Waals surface area contributed by atoms with Crippen LogP contribution in [0.5, 0.6) is 0 Å². The molecular weight excluding hydrogens is 384 g/mol. The smallest absolute Gasteiger partial charge is 0.338 e. The van der Waals surface area contributed by atoms with Crippen molar-refractivity contribution in [2.24, 2.45) is 23.7 Å². The van der Waals surface area contributed by atoms with Crippen LogP contribution in [0.4, 0.5) is 0 Å². The van der Waals surface area contributed by atoms with Crippen molar-refractivity contribution in [2.75, 3.05) is 26.4 Å². The summed E-state index contributed by atoms with van der Waals surface area (Å²) >= 11 is 0. The Morgan fingerprint density at radius 2 is 1.07 bits per heavy atom. The topological polar surface area (TPSA) is 93.1 Å². The van der Waals surface area contributed by atoms with Gasteiger partial charge in [-0.25, -0.2) is 9.59 Å². The minimum absolute atomic E-state index is 0.235. The van der Waals surface area contributed by atoms with E-state index in [0.29, 0.717) is 48.0 Å². The van der Waals surface area contributed by atoms with Crippen LogP contribution >= 0.6 is 0 Å². The number of aliphatic hydroxyl groups excluding tert-OH is 2. The monoisotopic (exact) mass is 418 g/mol. The summed E-state index contributed by atoms with van der Waals surface area (Å²) in [6, 6.07) is 6.51. The summed E-state index contributed by atoms with van der Waals surface area (Å²) in [5.74, 6) is 0.595. The number of benzene rings is 1. The predicted octanol–water partition coefficient (Wildman–Crippen LogP) is 3.60. The van der Waals surface area contributed by atoms with Gasteiger partial charge in [0.25, 0.3) is 0 Å². The van der Waals surface area contributed by atoms with Gasteiger partial charge in [0.15, 0.2) is 0 Å². The summed E-state index contributed by atoms with van der Waals surface area (Å²) in [5, 5.41) is 18.4. The van der Waals surface area contributed by atoms with E-state index in [-0.39, 0.29) is 13.2 Å². The second-order valence-electron chi connectivity index (χ2n) is 8.92. The molecule has 1 aromatic carbocycles. The van der Waals surface area contributed by atoms with Gasteiger partial charge in [0.05, 0.1) is 24.3 Å². The van der Waals surface area contributed by atoms with E-state index >= 15 is 0 Å². The van der Waals surface area contributed by atoms with Crippen LogP contribution in [0.2, 0.25) is 0 Å². The fourth-order valence-corrected chi connectivity index (χ4v) is 4.49. The molecule has 3 rings (SSSR count). The van der Waals surface area contributed by atoms with Crippen molar-refractivity contribution in [3.63, 3.8) is 0 Å². The lowest BCUT2D eigenvalue weighted by molar-refractivity contribution is 0.0376. The van der Waals surface area contributed by atoms with E-state index in [1.54, 1.807) is 18.2 Å². The molecule has 2 N–H and O–H groups in total. The summed E-state index contributed by atoms with van der Waals surface area (Å²) in [7, 11) is 0. The van der Waals surface area contributed by atoms with Crippen LogP contribution in [0.1, 0.15) is 72.1 Å². The van der Waals surface area contributed by atoms with Crippen molar-refractivity contribution in [3.05, 3.63) is 35.4 Å². The highest BCUT2D eigenvalue weighted by molar-refractivity contribution is 5.95. The quantitative estimate of drug-likeness (QED) is 0.627. The van der Waals surface area contributed by atoms with Crippen molar-refractivity contribution in [1.82, 2.24) is 0 Å². The maximum Gasteiger partial charge on any atom is 0.338 e. The SMILES string of the molecule is O=C(OCC1CCC(CO)CC1)c1cccc(C(=O)OCC2CCC(CO)CC2)c1. The maximum atomic E-state index is 12.4. The van der Waals surface area contributed by atoms with Gasteiger partial charge in [0.2, 0.25) is 0 Å². The summed E-state index contributed by atoms with van der Waals surface area (Å²) in [5.41, 5.74) is 0.717. The normalized spacial score (nSPS) is 26.7. The molecule has 6 heteroatoms. The number of esters is 2. The second kappa shape index (κ2) is 11.5. The molecule has 0 radical (unpaired) electrons. The molecule has 2 aliphatic rings. The number of carbonyl (C=O) groups is 2. The number of hydrogen-bond donors (Lipinski definition) is 2. The summed E-state index contributed by atoms with van der Waals surface area (Å²) in [6.07, 6.45) is 7.75. The Morgan fingerprint density at radius 3 is 1.43 bits per heavy atom. The summed E-state index contributed by atoms with van der Waals surface area (Å²) < 4.78 is 10.9. The van der Waals surface area contributed by atoms with Gasteiger partial charge in [-0.3, -0.25) is 0 Å². The van der Waals surface area contributed by atoms with Gasteiger partial charge in [-0.1, -0.05) is 6.07 Å². The van der Waals surface area contributed by atoms with Gasteiger partial charge in [0.1, 0.15) is 0 Å². The lowest BCUT2D eigenvalue weighted by Gasteiger charge is -2.27. The fourth-order valence-electron chi connectivity index (χ4n) is 4.49. The molecule has 0 bridgehead atoms. The first-order chi connectivity index (χ1) is 14.6. The van der Waals surface area contributed by atoms with E-state index in [0.717, 1.165) is 51.4 Å². The highest BCUT2D eigenvalue weighted by atomic mass is 16.5. The largest absolute Gasteiger partial charge is 0.462 e. The number of hydrogen-bond acceptors (Lipinski definition) is 6. The van der Waals surface area contributed by atoms with Gasteiger partial charge >= 0.3 is 11.9 Å². The molecular formula is C24H34O6. The van der Waals surface area contributed by atoms with Crippen molar-refractivity contribution in [3.8, 4) is 0 Å². The van der Waals surface area contributed by atoms with Crippen LogP contribution in [0.15, 0.2) is 24.3 Å². The molecule has 0 aliphatic heterocycles. The molecule has 2 aliphatic carbocycles. The lowest BCUT2D eigenvalue weighted by Crippen LogP contribution is -2.22. The first-order valence-electron chi connectivity index (χ1n) is 11.2. The minimum Gasteiger partial charge on any atom is -0.462 e. The predicted molar refractivity (Wildman–Crippen MR) is 112 cm³/mol. The van der Waals surface area contributed by atoms with E-state index in [1.165, 1.54) is 6.07 Å². The van der Waals surface area contributed by atoms with E-state index in [2.05, 4.69) is 0 Å². The van der Waals surface area contributed by atoms with Crippen molar-refractivity contribution < 1.29 is 29.3 Å². The molecule has 6 nitrogen and oxygen atoms in total. The molecule has 0 aromatic heterocycles. The number of aliphatic hydroxyl groups is 2. The number of rotatable bonds is 8. The Hall–Kier alpha value is -1.92. The number of ether oxygens (including phenoxy) is 2. The Labute approximate surface area is 178 Å². The van der Waals surface area contributed by atoms with Crippen LogP contribution in [0.3, 0.4) is 0 Å². The van der Waals surface area contributed by atoms with Crippen LogP contribution < -0.4 is 0 Å². The average molecular weight is 419 g/mol. The Kier molecular flexibility index (Phi) is 8.70. The molecule has 2 saturated carbocycles.